The predicted molar refractivity (Wildman–Crippen MR) is 95.4 cm³/mol. The van der Waals surface area contributed by atoms with E-state index in [1.807, 2.05) is 35.2 Å². The minimum absolute atomic E-state index is 0.187. The van der Waals surface area contributed by atoms with Crippen molar-refractivity contribution in [1.82, 2.24) is 9.80 Å². The van der Waals surface area contributed by atoms with Crippen LogP contribution in [0.3, 0.4) is 0 Å². The Morgan fingerprint density at radius 2 is 1.96 bits per heavy atom. The molecule has 3 fully saturated rings. The number of carbonyl (C=O) groups is 1. The molecule has 1 aliphatic carbocycles. The SMILES string of the molecule is O=C(Cc1ccccc1)N1CCOC2(COCCN(CC3CC3)C2)C1. The molecular formula is C20H28N2O3. The lowest BCUT2D eigenvalue weighted by molar-refractivity contribution is -0.161. The number of carbonyl (C=O) groups excluding carboxylic acids is 1. The van der Waals surface area contributed by atoms with Crippen molar-refractivity contribution in [2.24, 2.45) is 5.92 Å². The Bertz CT molecular complexity index is 590. The van der Waals surface area contributed by atoms with E-state index in [9.17, 15) is 4.79 Å². The van der Waals surface area contributed by atoms with Crippen LogP contribution in [0.1, 0.15) is 18.4 Å². The van der Waals surface area contributed by atoms with Gasteiger partial charge in [0.1, 0.15) is 5.60 Å². The van der Waals surface area contributed by atoms with Crippen molar-refractivity contribution in [3.05, 3.63) is 35.9 Å². The highest BCUT2D eigenvalue weighted by Crippen LogP contribution is 2.31. The molecular weight excluding hydrogens is 316 g/mol. The zero-order valence-electron chi connectivity index (χ0n) is 14.9. The zero-order chi connectivity index (χ0) is 17.1. The second kappa shape index (κ2) is 7.44. The van der Waals surface area contributed by atoms with E-state index < -0.39 is 0 Å². The maximum absolute atomic E-state index is 12.8. The van der Waals surface area contributed by atoms with Gasteiger partial charge in [-0.15, -0.1) is 0 Å². The Kier molecular flexibility index (Phi) is 5.06. The van der Waals surface area contributed by atoms with E-state index in [4.69, 9.17) is 9.47 Å². The molecule has 2 saturated heterocycles. The molecule has 136 valence electrons. The van der Waals surface area contributed by atoms with E-state index in [0.29, 0.717) is 32.7 Å². The number of benzene rings is 1. The molecule has 1 unspecified atom stereocenters. The summed E-state index contributed by atoms with van der Waals surface area (Å²) in [6.45, 7) is 6.25. The van der Waals surface area contributed by atoms with Crippen LogP contribution in [0.2, 0.25) is 0 Å². The summed E-state index contributed by atoms with van der Waals surface area (Å²) in [7, 11) is 0. The Hall–Kier alpha value is -1.43. The first-order chi connectivity index (χ1) is 12.2. The van der Waals surface area contributed by atoms with Crippen LogP contribution in [0.5, 0.6) is 0 Å². The third kappa shape index (κ3) is 4.40. The third-order valence-electron chi connectivity index (χ3n) is 5.44. The largest absolute Gasteiger partial charge is 0.377 e. The number of hydrogen-bond donors (Lipinski definition) is 0. The van der Waals surface area contributed by atoms with Gasteiger partial charge in [-0.2, -0.15) is 0 Å². The highest BCUT2D eigenvalue weighted by Gasteiger charge is 2.42. The normalized spacial score (nSPS) is 28.1. The van der Waals surface area contributed by atoms with Crippen LogP contribution >= 0.6 is 0 Å². The summed E-state index contributed by atoms with van der Waals surface area (Å²) in [5.41, 5.74) is 0.705. The number of morpholine rings is 1. The molecule has 2 aliphatic heterocycles. The summed E-state index contributed by atoms with van der Waals surface area (Å²) in [6.07, 6.45) is 3.17. The smallest absolute Gasteiger partial charge is 0.227 e. The second-order valence-corrected chi connectivity index (χ2v) is 7.74. The molecule has 0 aromatic heterocycles. The zero-order valence-corrected chi connectivity index (χ0v) is 14.9. The monoisotopic (exact) mass is 344 g/mol. The fourth-order valence-electron chi connectivity index (χ4n) is 3.93. The van der Waals surface area contributed by atoms with Crippen LogP contribution in [0.25, 0.3) is 0 Å². The fourth-order valence-corrected chi connectivity index (χ4v) is 3.93. The highest BCUT2D eigenvalue weighted by atomic mass is 16.5. The van der Waals surface area contributed by atoms with Gasteiger partial charge < -0.3 is 14.4 Å². The number of hydrogen-bond acceptors (Lipinski definition) is 4. The van der Waals surface area contributed by atoms with Crippen LogP contribution in [-0.4, -0.2) is 73.9 Å². The molecule has 4 rings (SSSR count). The van der Waals surface area contributed by atoms with Gasteiger partial charge in [0.2, 0.25) is 5.91 Å². The third-order valence-corrected chi connectivity index (χ3v) is 5.44. The van der Waals surface area contributed by atoms with Crippen molar-refractivity contribution in [1.29, 1.82) is 0 Å². The highest BCUT2D eigenvalue weighted by molar-refractivity contribution is 5.79. The number of rotatable bonds is 4. The molecule has 1 atom stereocenters. The van der Waals surface area contributed by atoms with Crippen molar-refractivity contribution < 1.29 is 14.3 Å². The maximum atomic E-state index is 12.8. The quantitative estimate of drug-likeness (QED) is 0.831. The Morgan fingerprint density at radius 1 is 1.12 bits per heavy atom. The summed E-state index contributed by atoms with van der Waals surface area (Å²) in [6, 6.07) is 9.98. The molecule has 25 heavy (non-hydrogen) atoms. The maximum Gasteiger partial charge on any atom is 0.227 e. The standard InChI is InChI=1S/C20H28N2O3/c23-19(12-17-4-2-1-3-5-17)22-9-11-25-20(15-22)14-21(8-10-24-16-20)13-18-6-7-18/h1-5,18H,6-16H2. The molecule has 3 aliphatic rings. The molecule has 2 heterocycles. The van der Waals surface area contributed by atoms with Gasteiger partial charge in [0, 0.05) is 26.2 Å². The topological polar surface area (TPSA) is 42.0 Å². The molecule has 1 amide bonds. The van der Waals surface area contributed by atoms with Crippen molar-refractivity contribution in [2.75, 3.05) is 52.5 Å². The van der Waals surface area contributed by atoms with E-state index in [2.05, 4.69) is 4.90 Å². The summed E-state index contributed by atoms with van der Waals surface area (Å²) in [4.78, 5) is 17.2. The van der Waals surface area contributed by atoms with E-state index in [-0.39, 0.29) is 11.5 Å². The molecule has 1 aromatic rings. The number of nitrogens with zero attached hydrogens (tertiary/aromatic N) is 2. The average molecular weight is 344 g/mol. The van der Waals surface area contributed by atoms with Crippen LogP contribution in [0.4, 0.5) is 0 Å². The Morgan fingerprint density at radius 3 is 2.76 bits per heavy atom. The van der Waals surface area contributed by atoms with Crippen LogP contribution in [0, 0.1) is 5.92 Å². The number of ether oxygens (including phenoxy) is 2. The van der Waals surface area contributed by atoms with Crippen LogP contribution in [0.15, 0.2) is 30.3 Å². The van der Waals surface area contributed by atoms with E-state index in [1.165, 1.54) is 12.8 Å². The second-order valence-electron chi connectivity index (χ2n) is 7.74. The van der Waals surface area contributed by atoms with Gasteiger partial charge in [-0.05, 0) is 24.3 Å². The summed E-state index contributed by atoms with van der Waals surface area (Å²) in [5.74, 6) is 1.04. The first kappa shape index (κ1) is 17.0. The van der Waals surface area contributed by atoms with Crippen LogP contribution in [-0.2, 0) is 20.7 Å². The molecule has 0 bridgehead atoms. The molecule has 0 radical (unpaired) electrons. The Balaban J connectivity index is 1.40. The first-order valence-corrected chi connectivity index (χ1v) is 9.48. The van der Waals surface area contributed by atoms with E-state index in [0.717, 1.165) is 37.7 Å². The molecule has 5 heteroatoms. The molecule has 5 nitrogen and oxygen atoms in total. The lowest BCUT2D eigenvalue weighted by atomic mass is 10.0. The minimum atomic E-state index is -0.365. The molecule has 1 saturated carbocycles. The number of amides is 1. The van der Waals surface area contributed by atoms with Crippen LogP contribution < -0.4 is 0 Å². The lowest BCUT2D eigenvalue weighted by Gasteiger charge is -2.43. The van der Waals surface area contributed by atoms with Crippen molar-refractivity contribution in [3.8, 4) is 0 Å². The summed E-state index contributed by atoms with van der Waals surface area (Å²) < 4.78 is 12.1. The first-order valence-electron chi connectivity index (χ1n) is 9.48. The van der Waals surface area contributed by atoms with Crippen molar-refractivity contribution >= 4 is 5.91 Å². The van der Waals surface area contributed by atoms with Gasteiger partial charge >= 0.3 is 0 Å². The van der Waals surface area contributed by atoms with Gasteiger partial charge in [0.05, 0.1) is 32.8 Å². The Labute approximate surface area is 149 Å². The van der Waals surface area contributed by atoms with E-state index in [1.54, 1.807) is 0 Å². The predicted octanol–water partition coefficient (Wildman–Crippen LogP) is 1.57. The van der Waals surface area contributed by atoms with E-state index >= 15 is 0 Å². The fraction of sp³-hybridized carbons (Fsp3) is 0.650. The summed E-state index contributed by atoms with van der Waals surface area (Å²) >= 11 is 0. The van der Waals surface area contributed by atoms with Gasteiger partial charge in [-0.25, -0.2) is 0 Å². The van der Waals surface area contributed by atoms with Crippen molar-refractivity contribution in [3.63, 3.8) is 0 Å². The van der Waals surface area contributed by atoms with Gasteiger partial charge in [-0.3, -0.25) is 9.69 Å². The molecule has 0 N–H and O–H groups in total. The summed E-state index contributed by atoms with van der Waals surface area (Å²) in [5, 5.41) is 0. The van der Waals surface area contributed by atoms with Gasteiger partial charge in [0.15, 0.2) is 0 Å². The average Bonchev–Trinajstić information content (AvgIpc) is 3.45. The lowest BCUT2D eigenvalue weighted by Crippen LogP contribution is -2.60. The van der Waals surface area contributed by atoms with Gasteiger partial charge in [-0.1, -0.05) is 30.3 Å². The molecule has 1 aromatic carbocycles. The van der Waals surface area contributed by atoms with Crippen molar-refractivity contribution in [2.45, 2.75) is 24.9 Å². The van der Waals surface area contributed by atoms with Gasteiger partial charge in [0.25, 0.3) is 0 Å². The molecule has 1 spiro atoms. The minimum Gasteiger partial charge on any atom is -0.377 e.